The van der Waals surface area contributed by atoms with Gasteiger partial charge in [-0.1, -0.05) is 17.7 Å². The summed E-state index contributed by atoms with van der Waals surface area (Å²) in [5.74, 6) is -5.16. The third-order valence-electron chi connectivity index (χ3n) is 5.00. The van der Waals surface area contributed by atoms with E-state index >= 15 is 0 Å². The summed E-state index contributed by atoms with van der Waals surface area (Å²) in [5, 5.41) is 21.3. The van der Waals surface area contributed by atoms with Gasteiger partial charge in [-0.3, -0.25) is 14.5 Å². The molecule has 0 spiro atoms. The molecule has 1 saturated heterocycles. The lowest BCUT2D eigenvalue weighted by Gasteiger charge is -2.49. The lowest BCUT2D eigenvalue weighted by Crippen LogP contribution is -2.72. The normalized spacial score (nSPS) is 21.7. The molecule has 11 nitrogen and oxygen atoms in total. The number of β-lactam (4-membered cyclic amide) rings is 1. The highest BCUT2D eigenvalue weighted by molar-refractivity contribution is 7.87. The fourth-order valence-corrected chi connectivity index (χ4v) is 4.05. The molecule has 16 heteroatoms. The minimum Gasteiger partial charge on any atom is -0.506 e. The minimum absolute atomic E-state index is 0.0110. The zero-order chi connectivity index (χ0) is 24.9. The number of fused-ring (bicyclic) bond motifs is 1. The van der Waals surface area contributed by atoms with Crippen molar-refractivity contribution in [2.75, 3.05) is 0 Å². The van der Waals surface area contributed by atoms with Crippen LogP contribution in [-0.4, -0.2) is 58.9 Å². The van der Waals surface area contributed by atoms with Crippen molar-refractivity contribution in [3.8, 4) is 5.75 Å². The van der Waals surface area contributed by atoms with Crippen LogP contribution in [0.4, 0.5) is 13.2 Å². The van der Waals surface area contributed by atoms with Crippen LogP contribution in [0, 0.1) is 0 Å². The molecule has 0 aromatic heterocycles. The number of allylic oxidation sites excluding steroid dienone is 1. The van der Waals surface area contributed by atoms with Crippen LogP contribution < -0.4 is 11.1 Å². The molecule has 33 heavy (non-hydrogen) atoms. The number of aliphatic carboxylic acids is 1. The molecule has 2 heterocycles. The number of amides is 2. The van der Waals surface area contributed by atoms with Crippen LogP contribution in [0.2, 0.25) is 5.02 Å². The van der Waals surface area contributed by atoms with E-state index < -0.39 is 69.4 Å². The molecule has 5 N–H and O–H groups in total. The quantitative estimate of drug-likeness (QED) is 0.242. The van der Waals surface area contributed by atoms with Crippen molar-refractivity contribution in [2.24, 2.45) is 5.73 Å². The first-order valence-corrected chi connectivity index (χ1v) is 10.8. The second kappa shape index (κ2) is 8.39. The molecular formula is C17H15ClF3N3O8S. The van der Waals surface area contributed by atoms with Gasteiger partial charge in [0.2, 0.25) is 5.91 Å². The molecule has 2 aliphatic heterocycles. The number of nitrogens with zero attached hydrogens (tertiary/aromatic N) is 1. The van der Waals surface area contributed by atoms with Gasteiger partial charge >= 0.3 is 21.6 Å². The smallest absolute Gasteiger partial charge is 0.506 e. The summed E-state index contributed by atoms with van der Waals surface area (Å²) in [5.41, 5.74) is -0.900. The number of hydrogen-bond donors (Lipinski definition) is 4. The first-order chi connectivity index (χ1) is 15.2. The zero-order valence-corrected chi connectivity index (χ0v) is 17.7. The minimum atomic E-state index is -6.15. The monoisotopic (exact) mass is 513 g/mol. The Bertz CT molecular complexity index is 1170. The number of nitrogens with two attached hydrogens (primary N) is 1. The number of benzene rings is 1. The summed E-state index contributed by atoms with van der Waals surface area (Å²) in [6, 6.07) is 0.190. The molecule has 3 rings (SSSR count). The average Bonchev–Trinajstić information content (AvgIpc) is 2.71. The number of carbonyl (C=O) groups excluding carboxylic acids is 2. The van der Waals surface area contributed by atoms with Gasteiger partial charge in [0.1, 0.15) is 17.8 Å². The highest BCUT2D eigenvalue weighted by Gasteiger charge is 2.56. The molecule has 1 fully saturated rings. The van der Waals surface area contributed by atoms with Crippen LogP contribution >= 0.6 is 11.6 Å². The maximum Gasteiger partial charge on any atom is 0.534 e. The highest BCUT2D eigenvalue weighted by atomic mass is 35.5. The van der Waals surface area contributed by atoms with E-state index in [0.717, 1.165) is 6.07 Å². The number of halogens is 4. The Kier molecular flexibility index (Phi) is 6.25. The van der Waals surface area contributed by atoms with Crippen LogP contribution in [-0.2, 0) is 28.7 Å². The SMILES string of the molecule is NC(C(=O)N[C@@H]1C(=O)N2C(C(=O)O)=C(OS(=O)(=O)C(F)(F)F)CC[C@H]12)c1ccc(Cl)c(O)c1. The first kappa shape index (κ1) is 24.6. The summed E-state index contributed by atoms with van der Waals surface area (Å²) in [6.45, 7) is 0. The van der Waals surface area contributed by atoms with Gasteiger partial charge in [0.25, 0.3) is 5.91 Å². The molecule has 2 aliphatic rings. The number of alkyl halides is 3. The van der Waals surface area contributed by atoms with Crippen molar-refractivity contribution in [2.45, 2.75) is 36.5 Å². The van der Waals surface area contributed by atoms with Gasteiger partial charge in [-0.05, 0) is 24.1 Å². The number of carboxylic acid groups (broad SMARTS) is 1. The number of phenolic OH excluding ortho intramolecular Hbond substituents is 1. The maximum atomic E-state index is 12.6. The molecule has 0 bridgehead atoms. The van der Waals surface area contributed by atoms with E-state index in [1.165, 1.54) is 12.1 Å². The van der Waals surface area contributed by atoms with E-state index in [1.54, 1.807) is 0 Å². The van der Waals surface area contributed by atoms with E-state index in [9.17, 15) is 46.2 Å². The van der Waals surface area contributed by atoms with Crippen LogP contribution in [0.15, 0.2) is 29.7 Å². The molecule has 2 amide bonds. The van der Waals surface area contributed by atoms with Crippen molar-refractivity contribution >= 4 is 39.5 Å². The third kappa shape index (κ3) is 4.43. The van der Waals surface area contributed by atoms with Gasteiger partial charge in [-0.2, -0.15) is 21.6 Å². The topological polar surface area (TPSA) is 176 Å². The van der Waals surface area contributed by atoms with Crippen molar-refractivity contribution in [1.82, 2.24) is 10.2 Å². The molecular weight excluding hydrogens is 499 g/mol. The maximum absolute atomic E-state index is 12.6. The van der Waals surface area contributed by atoms with Gasteiger partial charge in [-0.15, -0.1) is 0 Å². The van der Waals surface area contributed by atoms with E-state index in [4.69, 9.17) is 17.3 Å². The van der Waals surface area contributed by atoms with Crippen LogP contribution in [0.1, 0.15) is 24.4 Å². The lowest BCUT2D eigenvalue weighted by atomic mass is 9.85. The summed E-state index contributed by atoms with van der Waals surface area (Å²) >= 11 is 5.69. The van der Waals surface area contributed by atoms with E-state index in [1.807, 2.05) is 0 Å². The average molecular weight is 514 g/mol. The standard InChI is InChI=1S/C17H15ClF3N3O8S/c18-7-2-1-6(5-9(7)25)11(22)14(26)23-12-8-3-4-10(32-33(30,31)17(19,20)21)13(16(28)29)24(8)15(12)27/h1-2,5,8,11-12,25H,3-4,22H2,(H,23,26)(H,28,29)/t8-,11?,12+/m1/s1. The fourth-order valence-electron chi connectivity index (χ4n) is 3.41. The molecule has 0 radical (unpaired) electrons. The van der Waals surface area contributed by atoms with Crippen LogP contribution in [0.25, 0.3) is 0 Å². The summed E-state index contributed by atoms with van der Waals surface area (Å²) in [7, 11) is -6.15. The number of nitrogens with one attached hydrogen (secondary N) is 1. The van der Waals surface area contributed by atoms with E-state index in [0.29, 0.717) is 4.90 Å². The van der Waals surface area contributed by atoms with Gasteiger partial charge < -0.3 is 25.4 Å². The second-order valence-electron chi connectivity index (χ2n) is 7.05. The largest absolute Gasteiger partial charge is 0.534 e. The van der Waals surface area contributed by atoms with Gasteiger partial charge in [-0.25, -0.2) is 4.79 Å². The number of aromatic hydroxyl groups is 1. The fraction of sp³-hybridized carbons (Fsp3) is 0.353. The molecule has 1 aromatic carbocycles. The van der Waals surface area contributed by atoms with E-state index in [2.05, 4.69) is 9.50 Å². The Balaban J connectivity index is 1.79. The van der Waals surface area contributed by atoms with Crippen LogP contribution in [0.5, 0.6) is 5.75 Å². The second-order valence-corrected chi connectivity index (χ2v) is 8.99. The van der Waals surface area contributed by atoms with Crippen molar-refractivity contribution in [3.05, 3.63) is 40.2 Å². The summed E-state index contributed by atoms with van der Waals surface area (Å²) in [6.07, 6.45) is -0.762. The molecule has 0 saturated carbocycles. The summed E-state index contributed by atoms with van der Waals surface area (Å²) < 4.78 is 64.3. The molecule has 180 valence electrons. The van der Waals surface area contributed by atoms with Gasteiger partial charge in [0.05, 0.1) is 11.1 Å². The summed E-state index contributed by atoms with van der Waals surface area (Å²) in [4.78, 5) is 37.1. The number of hydrogen-bond acceptors (Lipinski definition) is 8. The Morgan fingerprint density at radius 2 is 1.97 bits per heavy atom. The van der Waals surface area contributed by atoms with Crippen molar-refractivity contribution in [1.29, 1.82) is 0 Å². The highest BCUT2D eigenvalue weighted by Crippen LogP contribution is 2.39. The Morgan fingerprint density at radius 1 is 1.33 bits per heavy atom. The van der Waals surface area contributed by atoms with E-state index in [-0.39, 0.29) is 22.8 Å². The van der Waals surface area contributed by atoms with Crippen LogP contribution in [0.3, 0.4) is 0 Å². The Hall–Kier alpha value is -3.04. The lowest BCUT2D eigenvalue weighted by molar-refractivity contribution is -0.156. The number of rotatable bonds is 6. The molecule has 0 aliphatic carbocycles. The first-order valence-electron chi connectivity index (χ1n) is 9.00. The zero-order valence-electron chi connectivity index (χ0n) is 16.2. The van der Waals surface area contributed by atoms with Gasteiger partial charge in [0, 0.05) is 6.42 Å². The number of carbonyl (C=O) groups is 3. The Labute approximate surface area is 188 Å². The predicted molar refractivity (Wildman–Crippen MR) is 103 cm³/mol. The van der Waals surface area contributed by atoms with Gasteiger partial charge in [0.15, 0.2) is 11.5 Å². The number of phenols is 1. The number of carboxylic acids is 1. The third-order valence-corrected chi connectivity index (χ3v) is 6.31. The molecule has 1 unspecified atom stereocenters. The van der Waals surface area contributed by atoms with Crippen molar-refractivity contribution in [3.63, 3.8) is 0 Å². The molecule has 1 aromatic rings. The Morgan fingerprint density at radius 3 is 2.52 bits per heavy atom. The predicted octanol–water partition coefficient (Wildman–Crippen LogP) is 0.697. The molecule has 3 atom stereocenters. The van der Waals surface area contributed by atoms with Crippen molar-refractivity contribution < 1.29 is 50.4 Å².